The van der Waals surface area contributed by atoms with E-state index in [0.717, 1.165) is 5.56 Å². The van der Waals surface area contributed by atoms with Crippen LogP contribution in [0.25, 0.3) is 0 Å². The molecule has 1 aliphatic heterocycles. The van der Waals surface area contributed by atoms with Gasteiger partial charge in [-0.1, -0.05) is 69.3 Å². The molecule has 0 spiro atoms. The van der Waals surface area contributed by atoms with Crippen LogP contribution in [0.1, 0.15) is 32.6 Å². The summed E-state index contributed by atoms with van der Waals surface area (Å²) in [6, 6.07) is 17.8. The molecule has 1 unspecified atom stereocenters. The van der Waals surface area contributed by atoms with E-state index in [2.05, 4.69) is 0 Å². The molecule has 0 aromatic heterocycles. The predicted octanol–water partition coefficient (Wildman–Crippen LogP) is 4.29. The Morgan fingerprint density at radius 3 is 2.00 bits per heavy atom. The van der Waals surface area contributed by atoms with Gasteiger partial charge in [0, 0.05) is 11.0 Å². The van der Waals surface area contributed by atoms with E-state index in [-0.39, 0.29) is 10.3 Å². The maximum absolute atomic E-state index is 13.1. The van der Waals surface area contributed by atoms with E-state index in [4.69, 9.17) is 4.74 Å². The summed E-state index contributed by atoms with van der Waals surface area (Å²) in [6.07, 6.45) is 0.922. The van der Waals surface area contributed by atoms with Crippen molar-refractivity contribution in [3.05, 3.63) is 78.2 Å². The van der Waals surface area contributed by atoms with Crippen molar-refractivity contribution >= 4 is 10.0 Å². The molecule has 0 saturated carbocycles. The minimum Gasteiger partial charge on any atom is -0.467 e. The maximum atomic E-state index is 13.1. The van der Waals surface area contributed by atoms with Gasteiger partial charge < -0.3 is 4.74 Å². The highest BCUT2D eigenvalue weighted by Crippen LogP contribution is 2.42. The summed E-state index contributed by atoms with van der Waals surface area (Å²) in [4.78, 5) is 0.251. The van der Waals surface area contributed by atoms with E-state index in [0.29, 0.717) is 5.76 Å². The number of allylic oxidation sites excluding steroid dienone is 1. The second-order valence-corrected chi connectivity index (χ2v) is 8.62. The lowest BCUT2D eigenvalue weighted by Crippen LogP contribution is -2.28. The van der Waals surface area contributed by atoms with Gasteiger partial charge in [0.15, 0.2) is 0 Å². The molecule has 24 heavy (non-hydrogen) atoms. The second kappa shape index (κ2) is 5.98. The number of sulfonamides is 1. The maximum Gasteiger partial charge on any atom is 0.267 e. The molecule has 2 aromatic rings. The standard InChI is InChI=1S/C19H21NO3S/c1-19(2,3)17-14-20(18(23-17)15-10-6-4-7-11-15)24(21,22)16-12-8-5-9-13-16/h4-14,18H,1-3H3. The number of hydrogen-bond acceptors (Lipinski definition) is 3. The van der Waals surface area contributed by atoms with Crippen LogP contribution in [0, 0.1) is 5.41 Å². The fraction of sp³-hybridized carbons (Fsp3) is 0.263. The molecule has 2 aromatic carbocycles. The van der Waals surface area contributed by atoms with Crippen molar-refractivity contribution in [3.63, 3.8) is 0 Å². The molecule has 3 rings (SSSR count). The van der Waals surface area contributed by atoms with Gasteiger partial charge in [0.25, 0.3) is 10.0 Å². The third kappa shape index (κ3) is 3.04. The molecule has 0 saturated heterocycles. The lowest BCUT2D eigenvalue weighted by molar-refractivity contribution is 0.0564. The first kappa shape index (κ1) is 16.6. The molecule has 1 heterocycles. The molecule has 0 amide bonds. The van der Waals surface area contributed by atoms with Crippen LogP contribution >= 0.6 is 0 Å². The monoisotopic (exact) mass is 343 g/mol. The molecule has 1 aliphatic rings. The fourth-order valence-electron chi connectivity index (χ4n) is 2.50. The Hall–Kier alpha value is -2.27. The SMILES string of the molecule is CC(C)(C)C1=CN(S(=O)(=O)c2ccccc2)C(c2ccccc2)O1. The average Bonchev–Trinajstić information content (AvgIpc) is 3.03. The number of hydrogen-bond donors (Lipinski definition) is 0. The summed E-state index contributed by atoms with van der Waals surface area (Å²) < 4.78 is 33.5. The van der Waals surface area contributed by atoms with Crippen molar-refractivity contribution in [2.75, 3.05) is 0 Å². The number of ether oxygens (including phenoxy) is 1. The summed E-state index contributed by atoms with van der Waals surface area (Å²) in [7, 11) is -3.70. The Bertz CT molecular complexity index is 837. The molecule has 1 atom stereocenters. The Balaban J connectivity index is 2.08. The zero-order valence-electron chi connectivity index (χ0n) is 14.0. The van der Waals surface area contributed by atoms with Crippen LogP contribution in [-0.4, -0.2) is 12.7 Å². The van der Waals surface area contributed by atoms with Crippen LogP contribution in [-0.2, 0) is 14.8 Å². The van der Waals surface area contributed by atoms with E-state index < -0.39 is 16.3 Å². The van der Waals surface area contributed by atoms with Gasteiger partial charge in [-0.3, -0.25) is 0 Å². The third-order valence-electron chi connectivity index (χ3n) is 3.86. The van der Waals surface area contributed by atoms with Crippen molar-refractivity contribution in [3.8, 4) is 0 Å². The average molecular weight is 343 g/mol. The Morgan fingerprint density at radius 2 is 1.46 bits per heavy atom. The molecule has 126 valence electrons. The number of benzene rings is 2. The zero-order valence-corrected chi connectivity index (χ0v) is 14.8. The van der Waals surface area contributed by atoms with E-state index in [9.17, 15) is 8.42 Å². The van der Waals surface area contributed by atoms with Gasteiger partial charge in [0.1, 0.15) is 5.76 Å². The minimum absolute atomic E-state index is 0.251. The quantitative estimate of drug-likeness (QED) is 0.835. The van der Waals surface area contributed by atoms with Crippen LogP contribution < -0.4 is 0 Å². The summed E-state index contributed by atoms with van der Waals surface area (Å²) in [5, 5.41) is 0. The zero-order chi connectivity index (χ0) is 17.4. The van der Waals surface area contributed by atoms with Gasteiger partial charge in [0.05, 0.1) is 11.1 Å². The van der Waals surface area contributed by atoms with Gasteiger partial charge in [-0.25, -0.2) is 12.7 Å². The highest BCUT2D eigenvalue weighted by atomic mass is 32.2. The van der Waals surface area contributed by atoms with E-state index in [1.165, 1.54) is 4.31 Å². The van der Waals surface area contributed by atoms with Crippen molar-refractivity contribution in [2.45, 2.75) is 31.9 Å². The smallest absolute Gasteiger partial charge is 0.267 e. The molecular formula is C19H21NO3S. The molecular weight excluding hydrogens is 322 g/mol. The topological polar surface area (TPSA) is 46.6 Å². The summed E-state index contributed by atoms with van der Waals surface area (Å²) in [6.45, 7) is 6.00. The van der Waals surface area contributed by atoms with Crippen LogP contribution in [0.3, 0.4) is 0 Å². The van der Waals surface area contributed by atoms with Crippen LogP contribution in [0.2, 0.25) is 0 Å². The molecule has 4 nitrogen and oxygen atoms in total. The van der Waals surface area contributed by atoms with Gasteiger partial charge >= 0.3 is 0 Å². The Labute approximate surface area is 143 Å². The summed E-state index contributed by atoms with van der Waals surface area (Å²) in [5.41, 5.74) is 0.515. The molecule has 5 heteroatoms. The van der Waals surface area contributed by atoms with Crippen LogP contribution in [0.5, 0.6) is 0 Å². The molecule has 0 radical (unpaired) electrons. The highest BCUT2D eigenvalue weighted by Gasteiger charge is 2.39. The first-order valence-corrected chi connectivity index (χ1v) is 9.27. The molecule has 0 aliphatic carbocycles. The van der Waals surface area contributed by atoms with Gasteiger partial charge in [0.2, 0.25) is 6.23 Å². The lowest BCUT2D eigenvalue weighted by atomic mass is 9.94. The normalized spacial score (nSPS) is 18.2. The van der Waals surface area contributed by atoms with E-state index in [1.807, 2.05) is 51.1 Å². The highest BCUT2D eigenvalue weighted by molar-refractivity contribution is 7.89. The summed E-state index contributed by atoms with van der Waals surface area (Å²) >= 11 is 0. The number of rotatable bonds is 3. The Morgan fingerprint density at radius 1 is 0.917 bits per heavy atom. The molecule has 0 N–H and O–H groups in total. The first-order chi connectivity index (χ1) is 11.3. The Kier molecular flexibility index (Phi) is 4.13. The largest absolute Gasteiger partial charge is 0.467 e. The fourth-order valence-corrected chi connectivity index (χ4v) is 3.89. The lowest BCUT2D eigenvalue weighted by Gasteiger charge is -2.25. The molecule has 0 fully saturated rings. The van der Waals surface area contributed by atoms with Crippen molar-refractivity contribution in [1.82, 2.24) is 4.31 Å². The van der Waals surface area contributed by atoms with E-state index in [1.54, 1.807) is 36.5 Å². The second-order valence-electron chi connectivity index (χ2n) is 6.77. The van der Waals surface area contributed by atoms with Crippen molar-refractivity contribution in [2.24, 2.45) is 5.41 Å². The van der Waals surface area contributed by atoms with Crippen molar-refractivity contribution < 1.29 is 13.2 Å². The van der Waals surface area contributed by atoms with Crippen LogP contribution in [0.4, 0.5) is 0 Å². The van der Waals surface area contributed by atoms with Crippen molar-refractivity contribution in [1.29, 1.82) is 0 Å². The van der Waals surface area contributed by atoms with Gasteiger partial charge in [-0.05, 0) is 12.1 Å². The summed E-state index contributed by atoms with van der Waals surface area (Å²) in [5.74, 6) is 0.649. The van der Waals surface area contributed by atoms with Gasteiger partial charge in [-0.15, -0.1) is 0 Å². The predicted molar refractivity (Wildman–Crippen MR) is 93.3 cm³/mol. The van der Waals surface area contributed by atoms with Gasteiger partial charge in [-0.2, -0.15) is 0 Å². The van der Waals surface area contributed by atoms with Crippen LogP contribution in [0.15, 0.2) is 77.5 Å². The first-order valence-electron chi connectivity index (χ1n) is 7.82. The molecule has 0 bridgehead atoms. The third-order valence-corrected chi connectivity index (χ3v) is 5.58. The number of nitrogens with zero attached hydrogens (tertiary/aromatic N) is 1. The minimum atomic E-state index is -3.70. The van der Waals surface area contributed by atoms with E-state index >= 15 is 0 Å².